The van der Waals surface area contributed by atoms with Gasteiger partial charge in [0.15, 0.2) is 0 Å². The number of rotatable bonds is 8. The van der Waals surface area contributed by atoms with Crippen molar-refractivity contribution >= 4 is 29.5 Å². The van der Waals surface area contributed by atoms with Crippen LogP contribution in [0.15, 0.2) is 84.0 Å². The van der Waals surface area contributed by atoms with Crippen molar-refractivity contribution in [2.24, 2.45) is 10.7 Å². The van der Waals surface area contributed by atoms with Gasteiger partial charge in [-0.3, -0.25) is 0 Å². The fourth-order valence-corrected chi connectivity index (χ4v) is 5.13. The van der Waals surface area contributed by atoms with E-state index in [9.17, 15) is 13.6 Å². The summed E-state index contributed by atoms with van der Waals surface area (Å²) in [4.78, 5) is 16.6. The lowest BCUT2D eigenvalue weighted by Gasteiger charge is -2.44. The predicted molar refractivity (Wildman–Crippen MR) is 154 cm³/mol. The normalized spacial score (nSPS) is 17.9. The van der Waals surface area contributed by atoms with Gasteiger partial charge in [-0.15, -0.1) is 0 Å². The van der Waals surface area contributed by atoms with Crippen LogP contribution in [-0.4, -0.2) is 29.9 Å². The van der Waals surface area contributed by atoms with E-state index in [2.05, 4.69) is 54.9 Å². The smallest absolute Gasteiger partial charge is 0.331 e. The number of hydrogen-bond donors (Lipinski definition) is 2. The first-order valence-corrected chi connectivity index (χ1v) is 12.9. The fourth-order valence-electron chi connectivity index (χ4n) is 5.13. The molecule has 1 aliphatic heterocycles. The van der Waals surface area contributed by atoms with Gasteiger partial charge in [0.1, 0.15) is 0 Å². The molecule has 39 heavy (non-hydrogen) atoms. The van der Waals surface area contributed by atoms with E-state index in [1.807, 2.05) is 42.5 Å². The molecule has 5 nitrogen and oxygen atoms in total. The van der Waals surface area contributed by atoms with E-state index in [1.54, 1.807) is 6.08 Å². The molecular weight excluding hydrogens is 496 g/mol. The first kappa shape index (κ1) is 27.8. The summed E-state index contributed by atoms with van der Waals surface area (Å²) in [5.41, 5.74) is 13.4. The third kappa shape index (κ3) is 6.42. The van der Waals surface area contributed by atoms with Crippen LogP contribution in [0.1, 0.15) is 66.1 Å². The first-order chi connectivity index (χ1) is 18.7. The number of aliphatic imine (C=N–C) groups is 1. The summed E-state index contributed by atoms with van der Waals surface area (Å²) in [5.74, 6) is -0.567. The number of carbonyl (C=O) groups is 1. The van der Waals surface area contributed by atoms with Gasteiger partial charge in [0, 0.05) is 35.8 Å². The molecular formula is C32H33F2N3O2. The van der Waals surface area contributed by atoms with Crippen molar-refractivity contribution in [3.8, 4) is 0 Å². The third-order valence-electron chi connectivity index (χ3n) is 7.07. The molecule has 0 amide bonds. The maximum Gasteiger partial charge on any atom is 0.331 e. The number of benzene rings is 3. The molecule has 0 fully saturated rings. The van der Waals surface area contributed by atoms with Gasteiger partial charge in [-0.05, 0) is 70.9 Å². The van der Waals surface area contributed by atoms with Gasteiger partial charge in [-0.1, -0.05) is 68.4 Å². The molecule has 3 N–H and O–H groups in total. The summed E-state index contributed by atoms with van der Waals surface area (Å²) in [5, 5.41) is 8.98. The Morgan fingerprint density at radius 3 is 2.36 bits per heavy atom. The lowest BCUT2D eigenvalue weighted by atomic mass is 9.83. The van der Waals surface area contributed by atoms with Gasteiger partial charge in [-0.25, -0.2) is 9.79 Å². The first-order valence-electron chi connectivity index (χ1n) is 12.9. The van der Waals surface area contributed by atoms with Gasteiger partial charge < -0.3 is 15.7 Å². The van der Waals surface area contributed by atoms with Crippen molar-refractivity contribution in [2.45, 2.75) is 51.7 Å². The highest BCUT2D eigenvalue weighted by Gasteiger charge is 2.33. The van der Waals surface area contributed by atoms with Gasteiger partial charge in [-0.2, -0.15) is 8.78 Å². The quantitative estimate of drug-likeness (QED) is 0.186. The van der Waals surface area contributed by atoms with Gasteiger partial charge in [0.05, 0.1) is 6.04 Å². The molecule has 0 radical (unpaired) electrons. The van der Waals surface area contributed by atoms with Crippen LogP contribution in [-0.2, 0) is 11.2 Å². The molecule has 1 heterocycles. The van der Waals surface area contributed by atoms with Crippen LogP contribution in [0.3, 0.4) is 0 Å². The molecule has 202 valence electrons. The number of carboxylic acids is 1. The zero-order valence-electron chi connectivity index (χ0n) is 22.3. The maximum atomic E-state index is 12.7. The number of hydrogen-bond acceptors (Lipinski definition) is 4. The molecule has 0 saturated heterocycles. The SMILES string of the molecule is CC(C)c1ccc(N2C(C)Cc3cc(C(C=NC(F)F)=CN)ccc3C2c2ccc(/C=C/C(=O)O)cc2)cc1. The zero-order chi connectivity index (χ0) is 28.1. The topological polar surface area (TPSA) is 78.9 Å². The Kier molecular flexibility index (Phi) is 8.59. The van der Waals surface area contributed by atoms with E-state index in [1.165, 1.54) is 11.8 Å². The second-order valence-corrected chi connectivity index (χ2v) is 10.0. The number of anilines is 1. The Morgan fingerprint density at radius 2 is 1.77 bits per heavy atom. The van der Waals surface area contributed by atoms with Crippen molar-refractivity contribution in [3.63, 3.8) is 0 Å². The Bertz CT molecular complexity index is 1390. The molecule has 2 atom stereocenters. The van der Waals surface area contributed by atoms with Gasteiger partial charge in [0.25, 0.3) is 0 Å². The standard InChI is InChI=1S/C32H33F2N3O2/c1-20(2)23-9-12-28(13-10-23)37-21(3)16-26-17-25(27(18-35)19-36-32(33)34)11-14-29(26)31(37)24-7-4-22(5-8-24)6-15-30(38)39/h4-15,17-21,31-32H,16,35H2,1-3H3,(H,38,39)/b15-6+,27-18?,36-19?. The summed E-state index contributed by atoms with van der Waals surface area (Å²) >= 11 is 0. The van der Waals surface area contributed by atoms with Crippen LogP contribution in [0.4, 0.5) is 14.5 Å². The van der Waals surface area contributed by atoms with Crippen molar-refractivity contribution in [1.29, 1.82) is 0 Å². The van der Waals surface area contributed by atoms with Crippen LogP contribution in [0.5, 0.6) is 0 Å². The fraction of sp³-hybridized carbons (Fsp3) is 0.250. The molecule has 0 aromatic heterocycles. The molecule has 0 spiro atoms. The second-order valence-electron chi connectivity index (χ2n) is 10.0. The second kappa shape index (κ2) is 12.1. The summed E-state index contributed by atoms with van der Waals surface area (Å²) < 4.78 is 25.4. The van der Waals surface area contributed by atoms with Crippen LogP contribution in [0.25, 0.3) is 11.6 Å². The van der Waals surface area contributed by atoms with E-state index in [4.69, 9.17) is 10.8 Å². The number of nitrogens with zero attached hydrogens (tertiary/aromatic N) is 2. The molecule has 1 aliphatic rings. The molecule has 7 heteroatoms. The number of nitrogens with two attached hydrogens (primary N) is 1. The number of halogens is 2. The van der Waals surface area contributed by atoms with E-state index in [0.29, 0.717) is 11.5 Å². The molecule has 3 aromatic rings. The van der Waals surface area contributed by atoms with E-state index >= 15 is 0 Å². The van der Waals surface area contributed by atoms with Gasteiger partial charge in [0.2, 0.25) is 0 Å². The number of alkyl halides is 2. The lowest BCUT2D eigenvalue weighted by Crippen LogP contribution is -2.43. The number of allylic oxidation sites excluding steroid dienone is 1. The Labute approximate surface area is 228 Å². The largest absolute Gasteiger partial charge is 0.478 e. The Morgan fingerprint density at radius 1 is 1.08 bits per heavy atom. The van der Waals surface area contributed by atoms with E-state index in [0.717, 1.165) is 52.2 Å². The zero-order valence-corrected chi connectivity index (χ0v) is 22.3. The van der Waals surface area contributed by atoms with Crippen molar-refractivity contribution in [3.05, 3.63) is 112 Å². The Hall–Kier alpha value is -4.26. The summed E-state index contributed by atoms with van der Waals surface area (Å²) in [7, 11) is 0. The average Bonchev–Trinajstić information content (AvgIpc) is 2.91. The molecule has 0 bridgehead atoms. The lowest BCUT2D eigenvalue weighted by molar-refractivity contribution is -0.131. The van der Waals surface area contributed by atoms with Crippen molar-refractivity contribution in [2.75, 3.05) is 4.90 Å². The number of fused-ring (bicyclic) bond motifs is 1. The highest BCUT2D eigenvalue weighted by molar-refractivity contribution is 6.09. The van der Waals surface area contributed by atoms with E-state index < -0.39 is 12.5 Å². The summed E-state index contributed by atoms with van der Waals surface area (Å²) in [6.45, 7) is 3.73. The van der Waals surface area contributed by atoms with Crippen molar-refractivity contribution in [1.82, 2.24) is 0 Å². The monoisotopic (exact) mass is 529 g/mol. The minimum atomic E-state index is -2.80. The molecule has 4 rings (SSSR count). The van der Waals surface area contributed by atoms with Crippen LogP contribution >= 0.6 is 0 Å². The Balaban J connectivity index is 1.80. The maximum absolute atomic E-state index is 12.7. The number of aliphatic carboxylic acids is 1. The number of carboxylic acid groups (broad SMARTS) is 1. The van der Waals surface area contributed by atoms with Gasteiger partial charge >= 0.3 is 12.5 Å². The minimum Gasteiger partial charge on any atom is -0.478 e. The van der Waals surface area contributed by atoms with E-state index in [-0.39, 0.29) is 12.1 Å². The molecule has 2 unspecified atom stereocenters. The van der Waals surface area contributed by atoms with Crippen LogP contribution < -0.4 is 10.6 Å². The van der Waals surface area contributed by atoms with Crippen LogP contribution in [0, 0.1) is 0 Å². The molecule has 0 saturated carbocycles. The summed E-state index contributed by atoms with van der Waals surface area (Å²) in [6.07, 6.45) is 5.86. The predicted octanol–water partition coefficient (Wildman–Crippen LogP) is 7.04. The molecule has 3 aromatic carbocycles. The third-order valence-corrected chi connectivity index (χ3v) is 7.07. The van der Waals surface area contributed by atoms with Crippen LogP contribution in [0.2, 0.25) is 0 Å². The summed E-state index contributed by atoms with van der Waals surface area (Å²) in [6, 6.07) is 22.5. The molecule has 0 aliphatic carbocycles. The minimum absolute atomic E-state index is 0.111. The van der Waals surface area contributed by atoms with Crippen molar-refractivity contribution < 1.29 is 18.7 Å². The highest BCUT2D eigenvalue weighted by Crippen LogP contribution is 2.42. The highest BCUT2D eigenvalue weighted by atomic mass is 19.3. The average molecular weight is 530 g/mol.